The first-order valence-corrected chi connectivity index (χ1v) is 9.79. The normalized spacial score (nSPS) is 10.7. The van der Waals surface area contributed by atoms with E-state index < -0.39 is 0 Å². The Labute approximate surface area is 175 Å². The molecule has 2 N–H and O–H groups in total. The molecule has 2 heterocycles. The van der Waals surface area contributed by atoms with Gasteiger partial charge in [0, 0.05) is 36.0 Å². The van der Waals surface area contributed by atoms with E-state index in [-0.39, 0.29) is 6.03 Å². The number of hydrogen-bond acceptors (Lipinski definition) is 3. The molecule has 7 nitrogen and oxygen atoms in total. The molecule has 4 rings (SSSR count). The van der Waals surface area contributed by atoms with E-state index in [2.05, 4.69) is 26.8 Å². The van der Waals surface area contributed by atoms with Crippen molar-refractivity contribution < 1.29 is 4.79 Å². The summed E-state index contributed by atoms with van der Waals surface area (Å²) >= 11 is 0. The number of hydrogen-bond donors (Lipinski definition) is 2. The molecule has 0 aliphatic carbocycles. The van der Waals surface area contributed by atoms with Gasteiger partial charge in [-0.05, 0) is 55.3 Å². The largest absolute Gasteiger partial charge is 0.334 e. The number of urea groups is 1. The van der Waals surface area contributed by atoms with Crippen LogP contribution in [0.25, 0.3) is 5.69 Å². The van der Waals surface area contributed by atoms with Crippen molar-refractivity contribution in [2.45, 2.75) is 26.9 Å². The maximum Gasteiger partial charge on any atom is 0.319 e. The van der Waals surface area contributed by atoms with Gasteiger partial charge in [-0.15, -0.1) is 0 Å². The molecule has 0 aliphatic heterocycles. The van der Waals surface area contributed by atoms with Gasteiger partial charge < -0.3 is 15.2 Å². The van der Waals surface area contributed by atoms with Crippen molar-refractivity contribution in [2.24, 2.45) is 0 Å². The zero-order chi connectivity index (χ0) is 20.9. The van der Waals surface area contributed by atoms with E-state index in [0.717, 1.165) is 33.9 Å². The van der Waals surface area contributed by atoms with E-state index in [1.165, 1.54) is 0 Å². The van der Waals surface area contributed by atoms with Gasteiger partial charge in [-0.3, -0.25) is 4.68 Å². The lowest BCUT2D eigenvalue weighted by molar-refractivity contribution is 0.251. The number of rotatable bonds is 6. The molecule has 30 heavy (non-hydrogen) atoms. The molecular weight excluding hydrogens is 376 g/mol. The molecule has 0 atom stereocenters. The number of nitrogens with one attached hydrogen (secondary N) is 2. The highest BCUT2D eigenvalue weighted by Crippen LogP contribution is 2.14. The van der Waals surface area contributed by atoms with Gasteiger partial charge in [0.05, 0.1) is 18.6 Å². The number of imidazole rings is 1. The standard InChI is InChI=1S/C23H24N6O/c1-17-12-18(2)29(27-17)15-20-4-3-5-21(13-20)26-23(30)25-14-19-6-8-22(9-7-19)28-11-10-24-16-28/h3-13,16H,14-15H2,1-2H3,(H2,25,26,30). The number of amides is 2. The SMILES string of the molecule is Cc1cc(C)n(Cc2cccc(NC(=O)NCc3ccc(-n4ccnc4)cc3)c2)n1. The van der Waals surface area contributed by atoms with Crippen LogP contribution >= 0.6 is 0 Å². The molecule has 0 unspecified atom stereocenters. The molecule has 0 bridgehead atoms. The first-order valence-electron chi connectivity index (χ1n) is 9.79. The highest BCUT2D eigenvalue weighted by molar-refractivity contribution is 5.89. The lowest BCUT2D eigenvalue weighted by atomic mass is 10.2. The van der Waals surface area contributed by atoms with Gasteiger partial charge >= 0.3 is 6.03 Å². The van der Waals surface area contributed by atoms with Crippen LogP contribution in [0.5, 0.6) is 0 Å². The number of benzene rings is 2. The topological polar surface area (TPSA) is 76.8 Å². The fraction of sp³-hybridized carbons (Fsp3) is 0.174. The second-order valence-corrected chi connectivity index (χ2v) is 7.23. The minimum absolute atomic E-state index is 0.239. The summed E-state index contributed by atoms with van der Waals surface area (Å²) in [7, 11) is 0. The molecular formula is C23H24N6O. The molecule has 0 spiro atoms. The molecule has 0 aliphatic rings. The van der Waals surface area contributed by atoms with E-state index in [9.17, 15) is 4.79 Å². The maximum atomic E-state index is 12.3. The van der Waals surface area contributed by atoms with Gasteiger partial charge in [-0.2, -0.15) is 5.10 Å². The summed E-state index contributed by atoms with van der Waals surface area (Å²) in [5.41, 5.74) is 5.99. The molecule has 4 aromatic rings. The van der Waals surface area contributed by atoms with Gasteiger partial charge in [0.25, 0.3) is 0 Å². The van der Waals surface area contributed by atoms with Crippen LogP contribution in [-0.4, -0.2) is 25.4 Å². The van der Waals surface area contributed by atoms with E-state index in [0.29, 0.717) is 13.1 Å². The number of nitrogens with zero attached hydrogens (tertiary/aromatic N) is 4. The molecule has 2 amide bonds. The molecule has 152 valence electrons. The smallest absolute Gasteiger partial charge is 0.319 e. The van der Waals surface area contributed by atoms with Crippen LogP contribution in [0.4, 0.5) is 10.5 Å². The van der Waals surface area contributed by atoms with Crippen LogP contribution in [0.15, 0.2) is 73.3 Å². The summed E-state index contributed by atoms with van der Waals surface area (Å²) < 4.78 is 3.89. The van der Waals surface area contributed by atoms with Crippen molar-refractivity contribution in [3.63, 3.8) is 0 Å². The molecule has 7 heteroatoms. The number of aryl methyl sites for hydroxylation is 2. The van der Waals surface area contributed by atoms with Gasteiger partial charge in [-0.1, -0.05) is 24.3 Å². The molecule has 0 fully saturated rings. The van der Waals surface area contributed by atoms with Crippen LogP contribution < -0.4 is 10.6 Å². The van der Waals surface area contributed by atoms with E-state index in [1.54, 1.807) is 12.5 Å². The number of carbonyl (C=O) groups is 1. The van der Waals surface area contributed by atoms with E-state index in [4.69, 9.17) is 0 Å². The van der Waals surface area contributed by atoms with Gasteiger partial charge in [0.2, 0.25) is 0 Å². The Morgan fingerprint density at radius 3 is 2.57 bits per heavy atom. The average molecular weight is 400 g/mol. The summed E-state index contributed by atoms with van der Waals surface area (Å²) in [6.07, 6.45) is 5.39. The predicted octanol–water partition coefficient (Wildman–Crippen LogP) is 4.06. The Bertz CT molecular complexity index is 1130. The second-order valence-electron chi connectivity index (χ2n) is 7.23. The Morgan fingerprint density at radius 1 is 1.03 bits per heavy atom. The minimum atomic E-state index is -0.239. The van der Waals surface area contributed by atoms with E-state index in [1.807, 2.05) is 77.8 Å². The third kappa shape index (κ3) is 4.75. The predicted molar refractivity (Wildman–Crippen MR) is 117 cm³/mol. The van der Waals surface area contributed by atoms with Crippen molar-refractivity contribution in [2.75, 3.05) is 5.32 Å². The van der Waals surface area contributed by atoms with Gasteiger partial charge in [0.15, 0.2) is 0 Å². The van der Waals surface area contributed by atoms with Crippen molar-refractivity contribution in [1.29, 1.82) is 0 Å². The van der Waals surface area contributed by atoms with Crippen LogP contribution in [0.2, 0.25) is 0 Å². The average Bonchev–Trinajstić information content (AvgIpc) is 3.37. The van der Waals surface area contributed by atoms with Gasteiger partial charge in [-0.25, -0.2) is 9.78 Å². The van der Waals surface area contributed by atoms with Crippen molar-refractivity contribution in [3.05, 3.63) is 95.8 Å². The lowest BCUT2D eigenvalue weighted by Gasteiger charge is -2.10. The second kappa shape index (κ2) is 8.65. The zero-order valence-corrected chi connectivity index (χ0v) is 17.0. The fourth-order valence-corrected chi connectivity index (χ4v) is 3.31. The summed E-state index contributed by atoms with van der Waals surface area (Å²) in [5.74, 6) is 0. The molecule has 0 saturated heterocycles. The molecule has 2 aromatic carbocycles. The number of aromatic nitrogens is 4. The van der Waals surface area contributed by atoms with Crippen molar-refractivity contribution in [3.8, 4) is 5.69 Å². The maximum absolute atomic E-state index is 12.3. The van der Waals surface area contributed by atoms with E-state index >= 15 is 0 Å². The Kier molecular flexibility index (Phi) is 5.61. The molecule has 0 radical (unpaired) electrons. The molecule has 2 aromatic heterocycles. The first-order chi connectivity index (χ1) is 14.6. The van der Waals surface area contributed by atoms with Crippen LogP contribution in [0.3, 0.4) is 0 Å². The van der Waals surface area contributed by atoms with Crippen molar-refractivity contribution in [1.82, 2.24) is 24.6 Å². The summed E-state index contributed by atoms with van der Waals surface area (Å²) in [6, 6.07) is 17.6. The monoisotopic (exact) mass is 400 g/mol. The number of carbonyl (C=O) groups excluding carboxylic acids is 1. The quantitative estimate of drug-likeness (QED) is 0.512. The Hall–Kier alpha value is -3.87. The third-order valence-electron chi connectivity index (χ3n) is 4.81. The minimum Gasteiger partial charge on any atom is -0.334 e. The summed E-state index contributed by atoms with van der Waals surface area (Å²) in [5, 5.41) is 10.3. The Morgan fingerprint density at radius 2 is 1.87 bits per heavy atom. The molecule has 0 saturated carbocycles. The highest BCUT2D eigenvalue weighted by Gasteiger charge is 2.06. The lowest BCUT2D eigenvalue weighted by Crippen LogP contribution is -2.28. The highest BCUT2D eigenvalue weighted by atomic mass is 16.2. The number of anilines is 1. The van der Waals surface area contributed by atoms with Crippen LogP contribution in [0.1, 0.15) is 22.5 Å². The van der Waals surface area contributed by atoms with Crippen LogP contribution in [0, 0.1) is 13.8 Å². The fourth-order valence-electron chi connectivity index (χ4n) is 3.31. The van der Waals surface area contributed by atoms with Crippen LogP contribution in [-0.2, 0) is 13.1 Å². The third-order valence-corrected chi connectivity index (χ3v) is 4.81. The van der Waals surface area contributed by atoms with Crippen molar-refractivity contribution >= 4 is 11.7 Å². The summed E-state index contributed by atoms with van der Waals surface area (Å²) in [6.45, 7) is 5.14. The zero-order valence-electron chi connectivity index (χ0n) is 17.0. The first kappa shape index (κ1) is 19.4. The summed E-state index contributed by atoms with van der Waals surface area (Å²) in [4.78, 5) is 16.4. The Balaban J connectivity index is 1.32. The van der Waals surface area contributed by atoms with Gasteiger partial charge in [0.1, 0.15) is 0 Å².